The van der Waals surface area contributed by atoms with E-state index in [0.29, 0.717) is 0 Å². The fraction of sp³-hybridized carbons (Fsp3) is 0.889. The molecule has 0 aromatic heterocycles. The minimum Gasteiger partial charge on any atom is -0.508 e. The van der Waals surface area contributed by atoms with E-state index in [1.54, 1.807) is 7.05 Å². The van der Waals surface area contributed by atoms with Gasteiger partial charge in [-0.25, -0.2) is 0 Å². The second-order valence-corrected chi connectivity index (χ2v) is 4.69. The molecule has 1 saturated heterocycles. The fourth-order valence-corrected chi connectivity index (χ4v) is 2.02. The molecule has 1 N–H and O–H groups in total. The molecule has 2 aliphatic rings. The fourth-order valence-electron chi connectivity index (χ4n) is 2.02. The van der Waals surface area contributed by atoms with Crippen molar-refractivity contribution in [1.82, 2.24) is 4.90 Å². The van der Waals surface area contributed by atoms with E-state index in [-0.39, 0.29) is 19.5 Å². The number of carbonyl (C=O) groups excluding carboxylic acids is 1. The molecule has 2 unspecified atom stereocenters. The van der Waals surface area contributed by atoms with Crippen molar-refractivity contribution in [1.29, 1.82) is 0 Å². The molecule has 3 atom stereocenters. The quantitative estimate of drug-likeness (QED) is 0.690. The average Bonchev–Trinajstić information content (AvgIpc) is 2.91. The molecule has 2 rings (SSSR count). The number of hydrogen-bond donors (Lipinski definition) is 1. The normalized spacial score (nSPS) is 34.8. The maximum absolute atomic E-state index is 12.4. The molecule has 1 aliphatic carbocycles. The van der Waals surface area contributed by atoms with Gasteiger partial charge in [0, 0.05) is 12.4 Å². The van der Waals surface area contributed by atoms with E-state index in [1.165, 1.54) is 4.90 Å². The summed E-state index contributed by atoms with van der Waals surface area (Å²) in [6.07, 6.45) is -5.71. The lowest BCUT2D eigenvalue weighted by molar-refractivity contribution is -0.151. The zero-order valence-electron chi connectivity index (χ0n) is 9.68. The first-order valence-electron chi connectivity index (χ1n) is 5.55. The summed E-state index contributed by atoms with van der Waals surface area (Å²) in [7, 11) is 0.261. The first-order valence-corrected chi connectivity index (χ1v) is 5.55. The number of rotatable bonds is 1. The molecule has 0 spiro atoms. The van der Waals surface area contributed by atoms with E-state index in [0.717, 1.165) is 0 Å². The van der Waals surface area contributed by atoms with E-state index in [2.05, 4.69) is 0 Å². The highest BCUT2D eigenvalue weighted by molar-refractivity contribution is 6.50. The van der Waals surface area contributed by atoms with Gasteiger partial charge in [0.1, 0.15) is 0 Å². The summed E-state index contributed by atoms with van der Waals surface area (Å²) in [5.74, 6) is -3.08. The van der Waals surface area contributed by atoms with Crippen molar-refractivity contribution >= 4 is 13.1 Å². The van der Waals surface area contributed by atoms with Gasteiger partial charge in [-0.3, -0.25) is 9.69 Å². The highest BCUT2D eigenvalue weighted by Gasteiger charge is 2.63. The molecular formula is C9H13BF3NO4. The summed E-state index contributed by atoms with van der Waals surface area (Å²) in [5, 5.41) is 9.47. The van der Waals surface area contributed by atoms with Gasteiger partial charge in [-0.05, 0) is 13.5 Å². The first-order chi connectivity index (χ1) is 8.27. The van der Waals surface area contributed by atoms with Crippen molar-refractivity contribution in [3.05, 3.63) is 0 Å². The highest BCUT2D eigenvalue weighted by atomic mass is 19.4. The molecular weight excluding hydrogens is 254 g/mol. The second kappa shape index (κ2) is 4.71. The summed E-state index contributed by atoms with van der Waals surface area (Å²) in [4.78, 5) is 12.8. The van der Waals surface area contributed by atoms with Crippen LogP contribution in [-0.2, 0) is 14.1 Å². The number of aliphatic hydroxyl groups is 1. The Balaban J connectivity index is 1.98. The van der Waals surface area contributed by atoms with Gasteiger partial charge in [0.15, 0.2) is 6.29 Å². The van der Waals surface area contributed by atoms with Gasteiger partial charge in [0.25, 0.3) is 0 Å². The van der Waals surface area contributed by atoms with Crippen LogP contribution < -0.4 is 0 Å². The van der Waals surface area contributed by atoms with Crippen LogP contribution in [0.25, 0.3) is 0 Å². The number of nitrogens with zero attached hydrogens (tertiary/aromatic N) is 1. The Morgan fingerprint density at radius 2 is 2.17 bits per heavy atom. The lowest BCUT2D eigenvalue weighted by atomic mass is 9.79. The van der Waals surface area contributed by atoms with Crippen LogP contribution in [-0.4, -0.2) is 55.7 Å². The summed E-state index contributed by atoms with van der Waals surface area (Å²) in [6.45, 7) is -0.0324. The molecule has 0 amide bonds. The van der Waals surface area contributed by atoms with Crippen LogP contribution in [0, 0.1) is 5.92 Å². The Kier molecular flexibility index (Phi) is 3.57. The second-order valence-electron chi connectivity index (χ2n) is 4.69. The summed E-state index contributed by atoms with van der Waals surface area (Å²) < 4.78 is 47.0. The maximum atomic E-state index is 12.4. The highest BCUT2D eigenvalue weighted by Crippen LogP contribution is 2.56. The van der Waals surface area contributed by atoms with Crippen molar-refractivity contribution < 1.29 is 32.4 Å². The number of hydrogen-bond acceptors (Lipinski definition) is 5. The Bertz CT molecular complexity index is 340. The van der Waals surface area contributed by atoms with Gasteiger partial charge in [-0.2, -0.15) is 13.2 Å². The third kappa shape index (κ3) is 3.15. The molecule has 0 aromatic carbocycles. The molecule has 0 radical (unpaired) electrons. The predicted octanol–water partition coefficient (Wildman–Crippen LogP) is 0.251. The molecule has 9 heteroatoms. The topological polar surface area (TPSA) is 59.0 Å². The largest absolute Gasteiger partial charge is 0.533 e. The van der Waals surface area contributed by atoms with Crippen LogP contribution in [0.5, 0.6) is 0 Å². The van der Waals surface area contributed by atoms with Crippen molar-refractivity contribution in [3.8, 4) is 0 Å². The van der Waals surface area contributed by atoms with E-state index in [4.69, 9.17) is 9.31 Å². The number of likely N-dealkylation sites (N-methyl/N-ethyl adjacent to an activating group) is 1. The van der Waals surface area contributed by atoms with Gasteiger partial charge in [-0.15, -0.1) is 0 Å². The number of alkyl halides is 3. The van der Waals surface area contributed by atoms with E-state index >= 15 is 0 Å². The van der Waals surface area contributed by atoms with Gasteiger partial charge in [0.05, 0.1) is 12.5 Å². The molecule has 5 nitrogen and oxygen atoms in total. The Morgan fingerprint density at radius 3 is 2.72 bits per heavy atom. The molecule has 0 bridgehead atoms. The predicted molar refractivity (Wildman–Crippen MR) is 54.3 cm³/mol. The third-order valence-electron chi connectivity index (χ3n) is 3.02. The third-order valence-corrected chi connectivity index (χ3v) is 3.02. The smallest absolute Gasteiger partial charge is 0.508 e. The molecule has 1 saturated carbocycles. The van der Waals surface area contributed by atoms with Crippen molar-refractivity contribution in [3.63, 3.8) is 0 Å². The van der Waals surface area contributed by atoms with Crippen LogP contribution in [0.4, 0.5) is 13.2 Å². The number of β-amino-alcohol motifs (C(OH)–C–C–N with tert-alkyl or cyclic N) is 1. The summed E-state index contributed by atoms with van der Waals surface area (Å²) >= 11 is 0. The molecule has 2 fully saturated rings. The maximum Gasteiger partial charge on any atom is 0.533 e. The Labute approximate surface area is 102 Å². The number of aliphatic hydroxyl groups excluding tert-OH is 1. The van der Waals surface area contributed by atoms with Crippen molar-refractivity contribution in [2.24, 2.45) is 5.92 Å². The van der Waals surface area contributed by atoms with Crippen molar-refractivity contribution in [2.75, 3.05) is 20.1 Å². The van der Waals surface area contributed by atoms with Gasteiger partial charge in [-0.1, -0.05) is 0 Å². The van der Waals surface area contributed by atoms with E-state index < -0.39 is 37.3 Å². The van der Waals surface area contributed by atoms with Gasteiger partial charge >= 0.3 is 19.3 Å². The SMILES string of the molecule is CN1CC(=O)OB(C2C[C@@H]2C(F)(F)F)OC(O)C1. The standard InChI is InChI=1S/C9H13BF3NO4/c1-14-3-7(15)17-10(18-8(16)4-14)6-2-5(6)9(11,12)13/h5-7,15H,2-4H2,1H3/t5-,6?,7?/m0/s1. The van der Waals surface area contributed by atoms with Crippen LogP contribution >= 0.6 is 0 Å². The Morgan fingerprint density at radius 1 is 1.50 bits per heavy atom. The summed E-state index contributed by atoms with van der Waals surface area (Å²) in [5.41, 5.74) is 0. The lowest BCUT2D eigenvalue weighted by Crippen LogP contribution is -2.45. The molecule has 102 valence electrons. The number of halogens is 3. The molecule has 18 heavy (non-hydrogen) atoms. The van der Waals surface area contributed by atoms with E-state index in [9.17, 15) is 23.1 Å². The average molecular weight is 267 g/mol. The van der Waals surface area contributed by atoms with Crippen LogP contribution in [0.2, 0.25) is 5.82 Å². The van der Waals surface area contributed by atoms with E-state index in [1.807, 2.05) is 0 Å². The lowest BCUT2D eigenvalue weighted by Gasteiger charge is -2.27. The zero-order chi connectivity index (χ0) is 13.5. The van der Waals surface area contributed by atoms with Gasteiger partial charge < -0.3 is 14.4 Å². The molecule has 1 aliphatic heterocycles. The van der Waals surface area contributed by atoms with Gasteiger partial charge in [0.2, 0.25) is 0 Å². The molecule has 1 heterocycles. The number of carbonyl (C=O) groups is 1. The molecule has 0 aromatic rings. The summed E-state index contributed by atoms with van der Waals surface area (Å²) in [6, 6.07) is 0. The Hall–Kier alpha value is -0.795. The van der Waals surface area contributed by atoms with Crippen LogP contribution in [0.3, 0.4) is 0 Å². The minimum atomic E-state index is -4.31. The monoisotopic (exact) mass is 267 g/mol. The zero-order valence-corrected chi connectivity index (χ0v) is 9.68. The van der Waals surface area contributed by atoms with Crippen LogP contribution in [0.1, 0.15) is 6.42 Å². The minimum absolute atomic E-state index is 0.0506. The van der Waals surface area contributed by atoms with Crippen LogP contribution in [0.15, 0.2) is 0 Å². The first kappa shape index (κ1) is 13.6. The van der Waals surface area contributed by atoms with Crippen molar-refractivity contribution in [2.45, 2.75) is 24.7 Å².